The second-order valence-electron chi connectivity index (χ2n) is 5.19. The largest absolute Gasteiger partial charge is 0.443 e. The van der Waals surface area contributed by atoms with Gasteiger partial charge >= 0.3 is 0 Å². The average molecular weight is 336 g/mol. The predicted octanol–water partition coefficient (Wildman–Crippen LogP) is 3.34. The van der Waals surface area contributed by atoms with Crippen LogP contribution in [-0.4, -0.2) is 22.4 Å². The quantitative estimate of drug-likeness (QED) is 0.716. The number of oxazole rings is 1. The molecule has 3 aromatic rings. The summed E-state index contributed by atoms with van der Waals surface area (Å²) < 4.78 is 5.41. The van der Waals surface area contributed by atoms with Crippen LogP contribution in [0, 0.1) is 0 Å². The molecule has 2 aromatic heterocycles. The molecule has 2 N–H and O–H groups in total. The van der Waals surface area contributed by atoms with Crippen LogP contribution in [0.2, 0.25) is 10.0 Å². The maximum atomic E-state index is 11.9. The first kappa shape index (κ1) is 13.7. The molecule has 1 aliphatic rings. The summed E-state index contributed by atoms with van der Waals surface area (Å²) in [6.45, 7) is 0.599. The number of amides is 1. The maximum Gasteiger partial charge on any atom is 0.224 e. The number of benzene rings is 1. The van der Waals surface area contributed by atoms with Crippen LogP contribution in [0.25, 0.3) is 22.2 Å². The molecule has 0 aliphatic carbocycles. The summed E-state index contributed by atoms with van der Waals surface area (Å²) in [6.07, 6.45) is 4.00. The summed E-state index contributed by atoms with van der Waals surface area (Å²) >= 11 is 12.6. The van der Waals surface area contributed by atoms with Crippen LogP contribution >= 0.6 is 23.2 Å². The number of nitrogens with zero attached hydrogens (tertiary/aromatic N) is 1. The van der Waals surface area contributed by atoms with Gasteiger partial charge in [-0.2, -0.15) is 0 Å². The van der Waals surface area contributed by atoms with E-state index >= 15 is 0 Å². The summed E-state index contributed by atoms with van der Waals surface area (Å²) in [7, 11) is 0. The fourth-order valence-corrected chi connectivity index (χ4v) is 3.34. The van der Waals surface area contributed by atoms with Crippen molar-refractivity contribution in [2.24, 2.45) is 0 Å². The number of hydrogen-bond acceptors (Lipinski definition) is 3. The minimum Gasteiger partial charge on any atom is -0.443 e. The SMILES string of the molecule is O=C1Cc2c([nH]c3c(Cl)c(Cl)cc(-c4cnco4)c23)CCN1. The number of aromatic nitrogens is 2. The van der Waals surface area contributed by atoms with Gasteiger partial charge in [0.2, 0.25) is 5.91 Å². The lowest BCUT2D eigenvalue weighted by atomic mass is 10.0. The molecule has 4 rings (SSSR count). The van der Waals surface area contributed by atoms with E-state index in [9.17, 15) is 4.79 Å². The molecule has 1 aliphatic heterocycles. The van der Waals surface area contributed by atoms with E-state index in [0.29, 0.717) is 28.8 Å². The van der Waals surface area contributed by atoms with E-state index in [-0.39, 0.29) is 5.91 Å². The second-order valence-corrected chi connectivity index (χ2v) is 5.98. The van der Waals surface area contributed by atoms with E-state index in [4.69, 9.17) is 27.6 Å². The van der Waals surface area contributed by atoms with Gasteiger partial charge in [0.05, 0.1) is 28.2 Å². The third-order valence-corrected chi connectivity index (χ3v) is 4.68. The molecule has 112 valence electrons. The Bertz CT molecular complexity index is 884. The third-order valence-electron chi connectivity index (χ3n) is 3.89. The summed E-state index contributed by atoms with van der Waals surface area (Å²) in [5.41, 5.74) is 3.46. The molecule has 5 nitrogen and oxygen atoms in total. The highest BCUT2D eigenvalue weighted by Gasteiger charge is 2.24. The van der Waals surface area contributed by atoms with Gasteiger partial charge in [0, 0.05) is 29.6 Å². The predicted molar refractivity (Wildman–Crippen MR) is 84.2 cm³/mol. The highest BCUT2D eigenvalue weighted by molar-refractivity contribution is 6.45. The molecule has 0 atom stereocenters. The Balaban J connectivity index is 2.09. The number of carbonyl (C=O) groups excluding carboxylic acids is 1. The molecule has 0 saturated heterocycles. The highest BCUT2D eigenvalue weighted by Crippen LogP contribution is 2.41. The van der Waals surface area contributed by atoms with Crippen LogP contribution in [0.3, 0.4) is 0 Å². The first-order chi connectivity index (χ1) is 10.6. The molecule has 7 heteroatoms. The van der Waals surface area contributed by atoms with Gasteiger partial charge in [0.1, 0.15) is 0 Å². The monoisotopic (exact) mass is 335 g/mol. The number of fused-ring (bicyclic) bond motifs is 3. The first-order valence-electron chi connectivity index (χ1n) is 6.82. The van der Waals surface area contributed by atoms with Crippen LogP contribution < -0.4 is 5.32 Å². The molecular weight excluding hydrogens is 325 g/mol. The minimum absolute atomic E-state index is 0.00533. The zero-order valence-corrected chi connectivity index (χ0v) is 12.9. The Labute approximate surface area is 135 Å². The Morgan fingerprint density at radius 3 is 2.95 bits per heavy atom. The number of rotatable bonds is 1. The first-order valence-corrected chi connectivity index (χ1v) is 7.57. The average Bonchev–Trinajstić information content (AvgIpc) is 3.09. The minimum atomic E-state index is -0.00533. The topological polar surface area (TPSA) is 70.9 Å². The maximum absolute atomic E-state index is 11.9. The summed E-state index contributed by atoms with van der Waals surface area (Å²) in [5, 5.41) is 4.63. The van der Waals surface area contributed by atoms with Crippen LogP contribution in [0.5, 0.6) is 0 Å². The number of aromatic amines is 1. The van der Waals surface area contributed by atoms with Gasteiger partial charge in [-0.25, -0.2) is 4.98 Å². The number of hydrogen-bond donors (Lipinski definition) is 2. The van der Waals surface area contributed by atoms with Gasteiger partial charge < -0.3 is 14.7 Å². The summed E-state index contributed by atoms with van der Waals surface area (Å²) in [6, 6.07) is 1.75. The standard InChI is InChI=1S/C15H11Cl2N3O2/c16-9-3-8(11-5-18-6-22-11)13-7-4-12(21)19-2-1-10(7)20-15(13)14(9)17/h3,5-6,20H,1-2,4H2,(H,19,21). The second kappa shape index (κ2) is 5.04. The molecule has 0 radical (unpaired) electrons. The molecule has 1 amide bonds. The van der Waals surface area contributed by atoms with E-state index in [1.54, 1.807) is 12.3 Å². The van der Waals surface area contributed by atoms with Crippen LogP contribution in [-0.2, 0) is 17.6 Å². The number of H-pyrrole nitrogens is 1. The van der Waals surface area contributed by atoms with Crippen molar-refractivity contribution in [3.8, 4) is 11.3 Å². The normalized spacial score (nSPS) is 14.7. The zero-order chi connectivity index (χ0) is 15.3. The van der Waals surface area contributed by atoms with E-state index in [1.807, 2.05) is 0 Å². The van der Waals surface area contributed by atoms with Gasteiger partial charge in [-0.05, 0) is 11.6 Å². The highest BCUT2D eigenvalue weighted by atomic mass is 35.5. The van der Waals surface area contributed by atoms with Crippen LogP contribution in [0.15, 0.2) is 23.1 Å². The number of carbonyl (C=O) groups is 1. The summed E-state index contributed by atoms with van der Waals surface area (Å²) in [5.74, 6) is 0.587. The molecule has 0 bridgehead atoms. The zero-order valence-electron chi connectivity index (χ0n) is 11.4. The third kappa shape index (κ3) is 2.01. The fraction of sp³-hybridized carbons (Fsp3) is 0.200. The van der Waals surface area contributed by atoms with Crippen LogP contribution in [0.4, 0.5) is 0 Å². The van der Waals surface area contributed by atoms with E-state index < -0.39 is 0 Å². The van der Waals surface area contributed by atoms with Crippen molar-refractivity contribution in [1.29, 1.82) is 0 Å². The van der Waals surface area contributed by atoms with Gasteiger partial charge in [-0.15, -0.1) is 0 Å². The van der Waals surface area contributed by atoms with Gasteiger partial charge in [0.15, 0.2) is 12.2 Å². The Kier molecular flexibility index (Phi) is 3.13. The van der Waals surface area contributed by atoms with Gasteiger partial charge in [-0.1, -0.05) is 23.2 Å². The van der Waals surface area contributed by atoms with E-state index in [0.717, 1.165) is 34.1 Å². The number of halogens is 2. The van der Waals surface area contributed by atoms with Crippen molar-refractivity contribution < 1.29 is 9.21 Å². The summed E-state index contributed by atoms with van der Waals surface area (Å²) in [4.78, 5) is 19.2. The molecule has 0 unspecified atom stereocenters. The number of nitrogens with one attached hydrogen (secondary N) is 2. The van der Waals surface area contributed by atoms with Crippen molar-refractivity contribution in [2.75, 3.05) is 6.54 Å². The van der Waals surface area contributed by atoms with Crippen molar-refractivity contribution in [3.05, 3.63) is 40.0 Å². The molecule has 0 spiro atoms. The van der Waals surface area contributed by atoms with Gasteiger partial charge in [-0.3, -0.25) is 4.79 Å². The van der Waals surface area contributed by atoms with Crippen molar-refractivity contribution in [2.45, 2.75) is 12.8 Å². The Morgan fingerprint density at radius 2 is 2.18 bits per heavy atom. The molecule has 22 heavy (non-hydrogen) atoms. The Hall–Kier alpha value is -1.98. The van der Waals surface area contributed by atoms with Gasteiger partial charge in [0.25, 0.3) is 0 Å². The van der Waals surface area contributed by atoms with E-state index in [2.05, 4.69) is 15.3 Å². The van der Waals surface area contributed by atoms with Crippen molar-refractivity contribution >= 4 is 40.0 Å². The van der Waals surface area contributed by atoms with Crippen molar-refractivity contribution in [3.63, 3.8) is 0 Å². The fourth-order valence-electron chi connectivity index (χ4n) is 2.94. The lowest BCUT2D eigenvalue weighted by molar-refractivity contribution is -0.120. The molecule has 0 fully saturated rings. The smallest absolute Gasteiger partial charge is 0.224 e. The molecule has 3 heterocycles. The lowest BCUT2D eigenvalue weighted by Gasteiger charge is -2.06. The molecule has 0 saturated carbocycles. The van der Waals surface area contributed by atoms with Crippen molar-refractivity contribution in [1.82, 2.24) is 15.3 Å². The Morgan fingerprint density at radius 1 is 1.32 bits per heavy atom. The molecular formula is C15H11Cl2N3O2. The van der Waals surface area contributed by atoms with Crippen LogP contribution in [0.1, 0.15) is 11.3 Å². The lowest BCUT2D eigenvalue weighted by Crippen LogP contribution is -2.24. The van der Waals surface area contributed by atoms with E-state index in [1.165, 1.54) is 6.39 Å². The molecule has 1 aromatic carbocycles.